The van der Waals surface area contributed by atoms with Gasteiger partial charge >= 0.3 is 0 Å². The van der Waals surface area contributed by atoms with Gasteiger partial charge in [0.15, 0.2) is 17.5 Å². The fourth-order valence-electron chi connectivity index (χ4n) is 4.35. The van der Waals surface area contributed by atoms with Crippen molar-refractivity contribution in [2.45, 2.75) is 31.6 Å². The van der Waals surface area contributed by atoms with E-state index >= 15 is 0 Å². The molecule has 0 saturated heterocycles. The highest BCUT2D eigenvalue weighted by Crippen LogP contribution is 2.39. The average Bonchev–Trinajstić information content (AvgIpc) is 3.60. The highest BCUT2D eigenvalue weighted by Gasteiger charge is 2.26. The molecule has 1 fully saturated rings. The number of aromatic nitrogens is 4. The van der Waals surface area contributed by atoms with Gasteiger partial charge in [-0.2, -0.15) is 0 Å². The summed E-state index contributed by atoms with van der Waals surface area (Å²) in [6.07, 6.45) is 6.77. The van der Waals surface area contributed by atoms with Crippen molar-refractivity contribution in [3.05, 3.63) is 83.6 Å². The number of halogens is 2. The topological polar surface area (TPSA) is 84.7 Å². The molecule has 1 aliphatic heterocycles. The van der Waals surface area contributed by atoms with Gasteiger partial charge in [0, 0.05) is 35.5 Å². The van der Waals surface area contributed by atoms with E-state index in [1.807, 2.05) is 19.2 Å². The summed E-state index contributed by atoms with van der Waals surface area (Å²) in [5, 5.41) is 5.82. The Morgan fingerprint density at radius 1 is 1.09 bits per heavy atom. The van der Waals surface area contributed by atoms with E-state index in [9.17, 15) is 13.6 Å². The number of anilines is 2. The fourth-order valence-corrected chi connectivity index (χ4v) is 4.35. The SMILES string of the molecule is CC1CNC(=O)c2ccc(Nc3nc(-c4ccc(-n5cnc(C6CC6)c5)c(F)c4)ncc3F)cc21. The molecule has 2 aromatic heterocycles. The number of carbonyl (C=O) groups is 1. The minimum absolute atomic E-state index is 0.0315. The quantitative estimate of drug-likeness (QED) is 0.423. The largest absolute Gasteiger partial charge is 0.351 e. The molecule has 3 heterocycles. The maximum Gasteiger partial charge on any atom is 0.251 e. The van der Waals surface area contributed by atoms with Crippen LogP contribution >= 0.6 is 0 Å². The van der Waals surface area contributed by atoms with Crippen LogP contribution in [0.1, 0.15) is 53.2 Å². The molecule has 7 nitrogen and oxygen atoms in total. The first-order valence-electron chi connectivity index (χ1n) is 11.5. The molecule has 6 rings (SSSR count). The van der Waals surface area contributed by atoms with Gasteiger partial charge in [-0.05, 0) is 60.7 Å². The van der Waals surface area contributed by atoms with Crippen LogP contribution in [0.25, 0.3) is 17.1 Å². The van der Waals surface area contributed by atoms with Gasteiger partial charge in [0.05, 0.1) is 23.9 Å². The standard InChI is InChI=1S/C26H22F2N6O/c1-14-10-30-26(35)18-6-5-17(9-19(14)18)32-25-21(28)11-29-24(33-25)16-4-7-23(20(27)8-16)34-12-22(31-13-34)15-2-3-15/h4-9,11-15H,2-3,10H2,1H3,(H,30,35)(H,29,32,33). The Kier molecular flexibility index (Phi) is 5.05. The molecular formula is C26H22F2N6O. The van der Waals surface area contributed by atoms with Crippen molar-refractivity contribution in [2.75, 3.05) is 11.9 Å². The highest BCUT2D eigenvalue weighted by molar-refractivity contribution is 5.97. The Bertz CT molecular complexity index is 1460. The molecule has 2 aromatic carbocycles. The van der Waals surface area contributed by atoms with Gasteiger partial charge in [-0.15, -0.1) is 0 Å². The molecule has 1 atom stereocenters. The zero-order chi connectivity index (χ0) is 24.1. The van der Waals surface area contributed by atoms with Crippen molar-refractivity contribution < 1.29 is 13.6 Å². The number of nitrogens with zero attached hydrogens (tertiary/aromatic N) is 4. The van der Waals surface area contributed by atoms with E-state index in [-0.39, 0.29) is 23.5 Å². The van der Waals surface area contributed by atoms with Crippen LogP contribution in [0.5, 0.6) is 0 Å². The Balaban J connectivity index is 1.28. The Morgan fingerprint density at radius 3 is 2.74 bits per heavy atom. The molecule has 1 unspecified atom stereocenters. The number of imidazole rings is 1. The normalized spacial score (nSPS) is 17.1. The van der Waals surface area contributed by atoms with Gasteiger partial charge < -0.3 is 15.2 Å². The average molecular weight is 472 g/mol. The van der Waals surface area contributed by atoms with Gasteiger partial charge in [0.2, 0.25) is 0 Å². The predicted octanol–water partition coefficient (Wildman–Crippen LogP) is 5.08. The molecule has 1 aliphatic carbocycles. The number of amides is 1. The van der Waals surface area contributed by atoms with E-state index in [4.69, 9.17) is 0 Å². The lowest BCUT2D eigenvalue weighted by molar-refractivity contribution is 0.0941. The van der Waals surface area contributed by atoms with Crippen LogP contribution in [0.3, 0.4) is 0 Å². The minimum Gasteiger partial charge on any atom is -0.351 e. The second-order valence-electron chi connectivity index (χ2n) is 9.07. The van der Waals surface area contributed by atoms with Gasteiger partial charge in [-0.1, -0.05) is 6.92 Å². The number of benzene rings is 2. The summed E-state index contributed by atoms with van der Waals surface area (Å²) in [6.45, 7) is 2.56. The second kappa shape index (κ2) is 8.26. The fraction of sp³-hybridized carbons (Fsp3) is 0.231. The summed E-state index contributed by atoms with van der Waals surface area (Å²) in [5.74, 6) is -0.442. The van der Waals surface area contributed by atoms with Crippen molar-refractivity contribution in [2.24, 2.45) is 0 Å². The van der Waals surface area contributed by atoms with E-state index in [0.717, 1.165) is 30.3 Å². The van der Waals surface area contributed by atoms with Crippen molar-refractivity contribution in [1.82, 2.24) is 24.8 Å². The molecule has 4 aromatic rings. The molecule has 0 bridgehead atoms. The molecule has 0 spiro atoms. The molecule has 9 heteroatoms. The van der Waals surface area contributed by atoms with Crippen molar-refractivity contribution in [3.63, 3.8) is 0 Å². The Labute approximate surface area is 200 Å². The Hall–Kier alpha value is -4.14. The number of fused-ring (bicyclic) bond motifs is 1. The minimum atomic E-state index is -0.639. The number of nitrogens with one attached hydrogen (secondary N) is 2. The zero-order valence-electron chi connectivity index (χ0n) is 18.9. The van der Waals surface area contributed by atoms with E-state index in [1.54, 1.807) is 35.2 Å². The van der Waals surface area contributed by atoms with Crippen LogP contribution < -0.4 is 10.6 Å². The smallest absolute Gasteiger partial charge is 0.251 e. The van der Waals surface area contributed by atoms with E-state index in [2.05, 4.69) is 25.6 Å². The van der Waals surface area contributed by atoms with Crippen molar-refractivity contribution >= 4 is 17.4 Å². The van der Waals surface area contributed by atoms with Crippen LogP contribution in [-0.4, -0.2) is 32.0 Å². The van der Waals surface area contributed by atoms with E-state index in [1.165, 1.54) is 6.07 Å². The summed E-state index contributed by atoms with van der Waals surface area (Å²) in [6, 6.07) is 9.91. The molecule has 2 aliphatic rings. The van der Waals surface area contributed by atoms with Crippen LogP contribution in [0.2, 0.25) is 0 Å². The highest BCUT2D eigenvalue weighted by atomic mass is 19.1. The lowest BCUT2D eigenvalue weighted by Gasteiger charge is -2.23. The number of hydrogen-bond donors (Lipinski definition) is 2. The molecule has 1 saturated carbocycles. The molecule has 2 N–H and O–H groups in total. The Morgan fingerprint density at radius 2 is 1.94 bits per heavy atom. The van der Waals surface area contributed by atoms with Gasteiger partial charge in [-0.3, -0.25) is 4.79 Å². The van der Waals surface area contributed by atoms with E-state index < -0.39 is 11.6 Å². The van der Waals surface area contributed by atoms with E-state index in [0.29, 0.717) is 35.0 Å². The first-order chi connectivity index (χ1) is 17.0. The van der Waals surface area contributed by atoms with Gasteiger partial charge in [-0.25, -0.2) is 23.7 Å². The number of carbonyl (C=O) groups excluding carboxylic acids is 1. The van der Waals surface area contributed by atoms with Crippen LogP contribution in [0.15, 0.2) is 55.1 Å². The lowest BCUT2D eigenvalue weighted by Crippen LogP contribution is -2.33. The first-order valence-corrected chi connectivity index (χ1v) is 11.5. The maximum atomic E-state index is 15.0. The summed E-state index contributed by atoms with van der Waals surface area (Å²) >= 11 is 0. The molecular weight excluding hydrogens is 450 g/mol. The first kappa shape index (κ1) is 21.4. The van der Waals surface area contributed by atoms with Crippen molar-refractivity contribution in [3.8, 4) is 17.1 Å². The third kappa shape index (κ3) is 4.03. The lowest BCUT2D eigenvalue weighted by atomic mass is 9.91. The second-order valence-corrected chi connectivity index (χ2v) is 9.07. The van der Waals surface area contributed by atoms with Crippen molar-refractivity contribution in [1.29, 1.82) is 0 Å². The van der Waals surface area contributed by atoms with Gasteiger partial charge in [0.1, 0.15) is 5.82 Å². The third-order valence-corrected chi connectivity index (χ3v) is 6.49. The molecule has 1 amide bonds. The van der Waals surface area contributed by atoms with Crippen LogP contribution in [-0.2, 0) is 0 Å². The van der Waals surface area contributed by atoms with Gasteiger partial charge in [0.25, 0.3) is 5.91 Å². The third-order valence-electron chi connectivity index (χ3n) is 6.49. The summed E-state index contributed by atoms with van der Waals surface area (Å²) < 4.78 is 31.2. The monoisotopic (exact) mass is 472 g/mol. The zero-order valence-corrected chi connectivity index (χ0v) is 18.9. The summed E-state index contributed by atoms with van der Waals surface area (Å²) in [7, 11) is 0. The maximum absolute atomic E-state index is 15.0. The van der Waals surface area contributed by atoms with Crippen LogP contribution in [0, 0.1) is 11.6 Å². The summed E-state index contributed by atoms with van der Waals surface area (Å²) in [5.41, 5.74) is 3.87. The number of rotatable bonds is 5. The molecule has 35 heavy (non-hydrogen) atoms. The van der Waals surface area contributed by atoms with Crippen LogP contribution in [0.4, 0.5) is 20.3 Å². The molecule has 0 radical (unpaired) electrons. The summed E-state index contributed by atoms with van der Waals surface area (Å²) in [4.78, 5) is 24.8. The molecule has 176 valence electrons. The number of hydrogen-bond acceptors (Lipinski definition) is 5. The predicted molar refractivity (Wildman–Crippen MR) is 127 cm³/mol.